The summed E-state index contributed by atoms with van der Waals surface area (Å²) in [6.07, 6.45) is 0. The molecule has 0 aliphatic heterocycles. The van der Waals surface area contributed by atoms with Gasteiger partial charge in [0, 0.05) is 0 Å². The molecular weight excluding hydrogens is 270 g/mol. The average molecular weight is 293 g/mol. The van der Waals surface area contributed by atoms with Crippen LogP contribution >= 0.6 is 0 Å². The van der Waals surface area contributed by atoms with Crippen LogP contribution in [0.2, 0.25) is 0 Å². The number of hydrogen-bond acceptors (Lipinski definition) is 4. The van der Waals surface area contributed by atoms with Crippen LogP contribution in [0.4, 0.5) is 0 Å². The summed E-state index contributed by atoms with van der Waals surface area (Å²) in [4.78, 5) is 23.0. The number of carboxylic acids is 1. The molecule has 2 atom stereocenters. The lowest BCUT2D eigenvalue weighted by atomic mass is 9.86. The Balaban J connectivity index is 5.11. The van der Waals surface area contributed by atoms with Gasteiger partial charge in [-0.2, -0.15) is 0 Å². The first-order valence-corrected chi connectivity index (χ1v) is 7.68. The van der Waals surface area contributed by atoms with Gasteiger partial charge in [0.1, 0.15) is 11.3 Å². The van der Waals surface area contributed by atoms with Crippen molar-refractivity contribution in [2.75, 3.05) is 0 Å². The smallest absolute Gasteiger partial charge is 0.326 e. The van der Waals surface area contributed by atoms with Gasteiger partial charge in [-0.3, -0.25) is 4.79 Å². The molecule has 0 fully saturated rings. The van der Waals surface area contributed by atoms with Crippen LogP contribution < -0.4 is 5.32 Å². The van der Waals surface area contributed by atoms with E-state index in [9.17, 15) is 18.0 Å². The molecule has 0 saturated heterocycles. The standard InChI is InChI=1S/C12H23NO5S/c1-7(2)19(17,18)8(3)10(14)13-9(11(15)16)12(4,5)6/h7-9H,1-6H3,(H,13,14)(H,15,16)/t8-,9-/m1/s1. The van der Waals surface area contributed by atoms with Crippen molar-refractivity contribution in [2.24, 2.45) is 5.41 Å². The van der Waals surface area contributed by atoms with Crippen LogP contribution in [-0.2, 0) is 19.4 Å². The second kappa shape index (κ2) is 5.90. The zero-order valence-corrected chi connectivity index (χ0v) is 13.0. The molecular formula is C12H23NO5S. The van der Waals surface area contributed by atoms with Crippen molar-refractivity contribution in [1.29, 1.82) is 0 Å². The minimum Gasteiger partial charge on any atom is -0.480 e. The van der Waals surface area contributed by atoms with Crippen LogP contribution in [0.5, 0.6) is 0 Å². The van der Waals surface area contributed by atoms with E-state index in [1.54, 1.807) is 20.8 Å². The summed E-state index contributed by atoms with van der Waals surface area (Å²) in [5.74, 6) is -1.97. The number of rotatable bonds is 5. The monoisotopic (exact) mass is 293 g/mol. The molecule has 0 aromatic rings. The van der Waals surface area contributed by atoms with Crippen molar-refractivity contribution in [1.82, 2.24) is 5.32 Å². The summed E-state index contributed by atoms with van der Waals surface area (Å²) in [7, 11) is -3.60. The number of carboxylic acid groups (broad SMARTS) is 1. The maximum Gasteiger partial charge on any atom is 0.326 e. The predicted molar refractivity (Wildman–Crippen MR) is 72.5 cm³/mol. The molecule has 7 heteroatoms. The van der Waals surface area contributed by atoms with Crippen molar-refractivity contribution in [3.63, 3.8) is 0 Å². The highest BCUT2D eigenvalue weighted by molar-refractivity contribution is 7.93. The van der Waals surface area contributed by atoms with E-state index in [-0.39, 0.29) is 0 Å². The van der Waals surface area contributed by atoms with Gasteiger partial charge in [-0.1, -0.05) is 20.8 Å². The van der Waals surface area contributed by atoms with Crippen LogP contribution in [-0.4, -0.2) is 41.9 Å². The van der Waals surface area contributed by atoms with Gasteiger partial charge in [-0.05, 0) is 26.2 Å². The van der Waals surface area contributed by atoms with Gasteiger partial charge in [0.2, 0.25) is 5.91 Å². The average Bonchev–Trinajstić information content (AvgIpc) is 2.21. The van der Waals surface area contributed by atoms with Crippen molar-refractivity contribution in [2.45, 2.75) is 58.1 Å². The molecule has 0 unspecified atom stereocenters. The largest absolute Gasteiger partial charge is 0.480 e. The van der Waals surface area contributed by atoms with Crippen LogP contribution in [0.25, 0.3) is 0 Å². The zero-order chi connectivity index (χ0) is 15.6. The van der Waals surface area contributed by atoms with E-state index in [1.165, 1.54) is 20.8 Å². The molecule has 0 heterocycles. The fourth-order valence-corrected chi connectivity index (χ4v) is 2.65. The summed E-state index contributed by atoms with van der Waals surface area (Å²) < 4.78 is 23.7. The lowest BCUT2D eigenvalue weighted by Gasteiger charge is -2.29. The fraction of sp³-hybridized carbons (Fsp3) is 0.833. The number of carbonyl (C=O) groups is 2. The summed E-state index contributed by atoms with van der Waals surface area (Å²) in [5.41, 5.74) is -0.706. The minimum absolute atomic E-state index is 0.689. The number of amides is 1. The Bertz CT molecular complexity index is 447. The molecule has 0 aliphatic carbocycles. The summed E-state index contributed by atoms with van der Waals surface area (Å²) in [6.45, 7) is 9.22. The Morgan fingerprint density at radius 3 is 1.79 bits per heavy atom. The summed E-state index contributed by atoms with van der Waals surface area (Å²) in [5, 5.41) is 9.43. The molecule has 112 valence electrons. The van der Waals surface area contributed by atoms with E-state index in [0.717, 1.165) is 0 Å². The van der Waals surface area contributed by atoms with Gasteiger partial charge < -0.3 is 10.4 Å². The molecule has 0 aromatic carbocycles. The van der Waals surface area contributed by atoms with Gasteiger partial charge in [-0.25, -0.2) is 13.2 Å². The maximum absolute atomic E-state index is 11.9. The minimum atomic E-state index is -3.60. The third-order valence-corrected chi connectivity index (χ3v) is 5.43. The Labute approximate surface area is 114 Å². The Morgan fingerprint density at radius 2 is 1.53 bits per heavy atom. The van der Waals surface area contributed by atoms with Gasteiger partial charge >= 0.3 is 5.97 Å². The normalized spacial score (nSPS) is 15.9. The lowest BCUT2D eigenvalue weighted by Crippen LogP contribution is -2.53. The van der Waals surface area contributed by atoms with Gasteiger partial charge in [-0.15, -0.1) is 0 Å². The first-order chi connectivity index (χ1) is 8.31. The molecule has 0 saturated carbocycles. The number of hydrogen-bond donors (Lipinski definition) is 2. The van der Waals surface area contributed by atoms with E-state index in [4.69, 9.17) is 5.11 Å². The van der Waals surface area contributed by atoms with E-state index < -0.39 is 43.7 Å². The molecule has 0 bridgehead atoms. The summed E-state index contributed by atoms with van der Waals surface area (Å²) >= 11 is 0. The first-order valence-electron chi connectivity index (χ1n) is 6.07. The fourth-order valence-electron chi connectivity index (χ4n) is 1.47. The number of carbonyl (C=O) groups excluding carboxylic acids is 1. The summed E-state index contributed by atoms with van der Waals surface area (Å²) in [6, 6.07) is -1.13. The highest BCUT2D eigenvalue weighted by Crippen LogP contribution is 2.20. The quantitative estimate of drug-likeness (QED) is 0.781. The third kappa shape index (κ3) is 4.49. The van der Waals surface area contributed by atoms with Crippen LogP contribution in [0.15, 0.2) is 0 Å². The number of sulfone groups is 1. The van der Waals surface area contributed by atoms with Gasteiger partial charge in [0.15, 0.2) is 9.84 Å². The van der Waals surface area contributed by atoms with E-state index in [0.29, 0.717) is 0 Å². The van der Waals surface area contributed by atoms with Gasteiger partial charge in [0.25, 0.3) is 0 Å². The molecule has 0 aromatic heterocycles. The van der Waals surface area contributed by atoms with E-state index in [1.807, 2.05) is 0 Å². The molecule has 6 nitrogen and oxygen atoms in total. The Kier molecular flexibility index (Phi) is 5.55. The van der Waals surface area contributed by atoms with Crippen LogP contribution in [0.1, 0.15) is 41.5 Å². The highest BCUT2D eigenvalue weighted by atomic mass is 32.2. The van der Waals surface area contributed by atoms with E-state index >= 15 is 0 Å². The van der Waals surface area contributed by atoms with Crippen molar-refractivity contribution < 1.29 is 23.1 Å². The lowest BCUT2D eigenvalue weighted by molar-refractivity contribution is -0.144. The number of nitrogens with one attached hydrogen (secondary N) is 1. The Hall–Kier alpha value is -1.11. The second-order valence-corrected chi connectivity index (χ2v) is 8.75. The van der Waals surface area contributed by atoms with E-state index in [2.05, 4.69) is 5.32 Å². The zero-order valence-electron chi connectivity index (χ0n) is 12.2. The second-order valence-electron chi connectivity index (χ2n) is 5.93. The topological polar surface area (TPSA) is 101 Å². The predicted octanol–water partition coefficient (Wildman–Crippen LogP) is 0.814. The van der Waals surface area contributed by atoms with Crippen LogP contribution in [0.3, 0.4) is 0 Å². The maximum atomic E-state index is 11.9. The molecule has 0 spiro atoms. The Morgan fingerprint density at radius 1 is 1.11 bits per heavy atom. The SMILES string of the molecule is CC(C)S(=O)(=O)[C@H](C)C(=O)N[C@H](C(=O)O)C(C)(C)C. The molecule has 0 radical (unpaired) electrons. The molecule has 1 amide bonds. The van der Waals surface area contributed by atoms with Crippen molar-refractivity contribution in [3.05, 3.63) is 0 Å². The molecule has 2 N–H and O–H groups in total. The first kappa shape index (κ1) is 17.9. The molecule has 19 heavy (non-hydrogen) atoms. The van der Waals surface area contributed by atoms with Crippen molar-refractivity contribution in [3.8, 4) is 0 Å². The third-order valence-electron chi connectivity index (χ3n) is 2.92. The number of aliphatic carboxylic acids is 1. The molecule has 0 aliphatic rings. The molecule has 0 rings (SSSR count). The highest BCUT2D eigenvalue weighted by Gasteiger charge is 2.37. The van der Waals surface area contributed by atoms with Crippen LogP contribution in [0, 0.1) is 5.41 Å². The van der Waals surface area contributed by atoms with Gasteiger partial charge in [0.05, 0.1) is 5.25 Å². The van der Waals surface area contributed by atoms with Crippen molar-refractivity contribution >= 4 is 21.7 Å².